The minimum absolute atomic E-state index is 0.495. The summed E-state index contributed by atoms with van der Waals surface area (Å²) in [5, 5.41) is 3.17. The Morgan fingerprint density at radius 3 is 2.85 bits per heavy atom. The molecule has 0 unspecified atom stereocenters. The predicted octanol–water partition coefficient (Wildman–Crippen LogP) is 3.54. The van der Waals surface area contributed by atoms with Crippen LogP contribution in [0.3, 0.4) is 0 Å². The molecule has 3 N–H and O–H groups in total. The van der Waals surface area contributed by atoms with E-state index in [1.165, 1.54) is 31.5 Å². The van der Waals surface area contributed by atoms with Crippen molar-refractivity contribution in [2.24, 2.45) is 10.7 Å². The van der Waals surface area contributed by atoms with E-state index in [-0.39, 0.29) is 0 Å². The van der Waals surface area contributed by atoms with Gasteiger partial charge >= 0.3 is 0 Å². The molecule has 0 spiro atoms. The molecule has 3 rings (SSSR count). The minimum Gasteiger partial charge on any atom is -0.494 e. The number of nitrogens with one attached hydrogen (secondary N) is 1. The molecule has 7 nitrogen and oxygen atoms in total. The van der Waals surface area contributed by atoms with Gasteiger partial charge in [0.15, 0.2) is 5.96 Å². The average Bonchev–Trinajstić information content (AvgIpc) is 3.45. The number of guanidine groups is 1. The molecule has 2 heterocycles. The van der Waals surface area contributed by atoms with Crippen LogP contribution in [0, 0.1) is 0 Å². The molecule has 182 valence electrons. The monoisotopic (exact) mass is 473 g/mol. The summed E-state index contributed by atoms with van der Waals surface area (Å²) in [5.41, 5.74) is 7.29. The fraction of sp³-hybridized carbons (Fsp3) is 0.560. The molecule has 2 aromatic rings. The number of likely N-dealkylation sites (tertiary alicyclic amines) is 1. The lowest BCUT2D eigenvalue weighted by Crippen LogP contribution is -2.33. The number of thioether (sulfide) groups is 1. The van der Waals surface area contributed by atoms with Crippen LogP contribution in [-0.4, -0.2) is 68.4 Å². The summed E-state index contributed by atoms with van der Waals surface area (Å²) < 4.78 is 11.7. The van der Waals surface area contributed by atoms with Crippen LogP contribution in [0.5, 0.6) is 5.75 Å². The number of hydrogen-bond acceptors (Lipinski definition) is 6. The standard InChI is InChI=1S/C25H39N5O2S/c1-29(2)19-23-9-10-24(32-23)20-33-16-12-28-25(26)27-11-6-15-31-22-8-5-7-21(17-22)18-30-13-3-4-14-30/h5,7-10,17H,3-4,6,11-16,18-20H2,1-2H3,(H3,26,27,28). The highest BCUT2D eigenvalue weighted by molar-refractivity contribution is 7.98. The normalized spacial score (nSPS) is 14.8. The van der Waals surface area contributed by atoms with E-state index in [1.54, 1.807) is 0 Å². The van der Waals surface area contributed by atoms with Gasteiger partial charge in [-0.2, -0.15) is 11.8 Å². The van der Waals surface area contributed by atoms with Crippen LogP contribution in [0.2, 0.25) is 0 Å². The molecule has 0 amide bonds. The summed E-state index contributed by atoms with van der Waals surface area (Å²) >= 11 is 1.82. The van der Waals surface area contributed by atoms with Crippen molar-refractivity contribution in [1.82, 2.24) is 15.1 Å². The molecule has 0 atom stereocenters. The van der Waals surface area contributed by atoms with Crippen molar-refractivity contribution in [3.8, 4) is 5.75 Å². The largest absolute Gasteiger partial charge is 0.494 e. The highest BCUT2D eigenvalue weighted by atomic mass is 32.2. The van der Waals surface area contributed by atoms with Gasteiger partial charge in [0, 0.05) is 31.8 Å². The van der Waals surface area contributed by atoms with E-state index in [9.17, 15) is 0 Å². The lowest BCUT2D eigenvalue weighted by Gasteiger charge is -2.15. The number of benzene rings is 1. The number of aliphatic imine (C=N–C) groups is 1. The number of nitrogens with two attached hydrogens (primary N) is 1. The van der Waals surface area contributed by atoms with Gasteiger partial charge in [0.2, 0.25) is 0 Å². The molecule has 1 fully saturated rings. The van der Waals surface area contributed by atoms with Gasteiger partial charge in [-0.15, -0.1) is 0 Å². The van der Waals surface area contributed by atoms with E-state index < -0.39 is 0 Å². The average molecular weight is 474 g/mol. The molecular formula is C25H39N5O2S. The molecule has 1 aliphatic heterocycles. The fourth-order valence-corrected chi connectivity index (χ4v) is 4.51. The van der Waals surface area contributed by atoms with Gasteiger partial charge in [0.1, 0.15) is 17.3 Å². The zero-order valence-corrected chi connectivity index (χ0v) is 20.9. The summed E-state index contributed by atoms with van der Waals surface area (Å²) in [7, 11) is 4.08. The van der Waals surface area contributed by atoms with E-state index in [1.807, 2.05) is 38.0 Å². The molecule has 1 aromatic carbocycles. The maximum absolute atomic E-state index is 5.97. The van der Waals surface area contributed by atoms with Crippen LogP contribution >= 0.6 is 11.8 Å². The second kappa shape index (κ2) is 14.2. The first kappa shape index (κ1) is 25.5. The topological polar surface area (TPSA) is 79.3 Å². The van der Waals surface area contributed by atoms with Crippen molar-refractivity contribution in [1.29, 1.82) is 0 Å². The smallest absolute Gasteiger partial charge is 0.188 e. The first-order chi connectivity index (χ1) is 16.1. The summed E-state index contributed by atoms with van der Waals surface area (Å²) in [6, 6.07) is 12.5. The van der Waals surface area contributed by atoms with E-state index in [2.05, 4.69) is 44.4 Å². The first-order valence-electron chi connectivity index (χ1n) is 11.9. The van der Waals surface area contributed by atoms with Crippen molar-refractivity contribution in [3.63, 3.8) is 0 Å². The number of nitrogens with zero attached hydrogens (tertiary/aromatic N) is 3. The second-order valence-corrected chi connectivity index (χ2v) is 9.79. The predicted molar refractivity (Wildman–Crippen MR) is 138 cm³/mol. The maximum atomic E-state index is 5.97. The Labute approximate surface area is 202 Å². The highest BCUT2D eigenvalue weighted by Gasteiger charge is 2.11. The maximum Gasteiger partial charge on any atom is 0.188 e. The summed E-state index contributed by atoms with van der Waals surface area (Å²) in [4.78, 5) is 8.99. The molecule has 33 heavy (non-hydrogen) atoms. The van der Waals surface area contributed by atoms with Crippen molar-refractivity contribution >= 4 is 17.7 Å². The van der Waals surface area contributed by atoms with E-state index in [0.29, 0.717) is 19.1 Å². The minimum atomic E-state index is 0.495. The zero-order chi connectivity index (χ0) is 23.3. The number of hydrogen-bond donors (Lipinski definition) is 2. The van der Waals surface area contributed by atoms with E-state index in [0.717, 1.165) is 54.8 Å². The number of ether oxygens (including phenoxy) is 1. The Bertz CT molecular complexity index is 849. The third kappa shape index (κ3) is 10.1. The Hall–Kier alpha value is -2.16. The van der Waals surface area contributed by atoms with Crippen molar-refractivity contribution < 1.29 is 9.15 Å². The molecule has 8 heteroatoms. The van der Waals surface area contributed by atoms with E-state index in [4.69, 9.17) is 14.9 Å². The Morgan fingerprint density at radius 2 is 2.03 bits per heavy atom. The summed E-state index contributed by atoms with van der Waals surface area (Å²) in [6.07, 6.45) is 3.47. The van der Waals surface area contributed by atoms with Crippen molar-refractivity contribution in [3.05, 3.63) is 53.5 Å². The second-order valence-electron chi connectivity index (χ2n) is 8.68. The summed E-state index contributed by atoms with van der Waals surface area (Å²) in [5.74, 6) is 5.25. The Kier molecular flexibility index (Phi) is 10.9. The number of rotatable bonds is 14. The van der Waals surface area contributed by atoms with Gasteiger partial charge in [-0.05, 0) is 69.9 Å². The lowest BCUT2D eigenvalue weighted by molar-refractivity contribution is 0.309. The molecule has 0 aliphatic carbocycles. The molecule has 0 radical (unpaired) electrons. The van der Waals surface area contributed by atoms with Gasteiger partial charge < -0.3 is 25.1 Å². The third-order valence-corrected chi connectivity index (χ3v) is 6.32. The van der Waals surface area contributed by atoms with Gasteiger partial charge in [-0.3, -0.25) is 9.89 Å². The van der Waals surface area contributed by atoms with Crippen LogP contribution in [0.15, 0.2) is 45.8 Å². The van der Waals surface area contributed by atoms with Crippen LogP contribution < -0.4 is 15.8 Å². The van der Waals surface area contributed by atoms with Gasteiger partial charge in [0.25, 0.3) is 0 Å². The zero-order valence-electron chi connectivity index (χ0n) is 20.1. The third-order valence-electron chi connectivity index (χ3n) is 5.34. The number of furan rings is 1. The molecule has 1 aromatic heterocycles. The van der Waals surface area contributed by atoms with Gasteiger partial charge in [-0.1, -0.05) is 12.1 Å². The lowest BCUT2D eigenvalue weighted by atomic mass is 10.2. The highest BCUT2D eigenvalue weighted by Crippen LogP contribution is 2.18. The molecule has 1 aliphatic rings. The summed E-state index contributed by atoms with van der Waals surface area (Å²) in [6.45, 7) is 6.33. The Morgan fingerprint density at radius 1 is 1.21 bits per heavy atom. The molecule has 0 saturated carbocycles. The van der Waals surface area contributed by atoms with Crippen LogP contribution in [0.4, 0.5) is 0 Å². The Balaban J connectivity index is 1.22. The SMILES string of the molecule is CN(C)Cc1ccc(CSCCNC(N)=NCCCOc2cccc(CN3CCCC3)c2)o1. The van der Waals surface area contributed by atoms with Crippen molar-refractivity contribution in [2.45, 2.75) is 38.1 Å². The van der Waals surface area contributed by atoms with Gasteiger partial charge in [-0.25, -0.2) is 0 Å². The van der Waals surface area contributed by atoms with Crippen LogP contribution in [-0.2, 0) is 18.8 Å². The van der Waals surface area contributed by atoms with E-state index >= 15 is 0 Å². The van der Waals surface area contributed by atoms with Crippen molar-refractivity contribution in [2.75, 3.05) is 52.6 Å². The van der Waals surface area contributed by atoms with Crippen LogP contribution in [0.25, 0.3) is 0 Å². The quantitative estimate of drug-likeness (QED) is 0.247. The first-order valence-corrected chi connectivity index (χ1v) is 13.0. The molecule has 1 saturated heterocycles. The molecular weight excluding hydrogens is 434 g/mol. The van der Waals surface area contributed by atoms with Crippen LogP contribution in [0.1, 0.15) is 36.3 Å². The van der Waals surface area contributed by atoms with Gasteiger partial charge in [0.05, 0.1) is 18.9 Å². The fourth-order valence-electron chi connectivity index (χ4n) is 3.76. The molecule has 0 bridgehead atoms.